The summed E-state index contributed by atoms with van der Waals surface area (Å²) in [7, 11) is 9.87. The molecule has 0 radical (unpaired) electrons. The second-order valence-corrected chi connectivity index (χ2v) is 11.5. The SMILES string of the molecule is CC1CCCC(N=Cc2cccc(C3CCCCC3)c2O)C1C.[Cl][Zr][Cl]. The zero-order valence-electron chi connectivity index (χ0n) is 15.9. The fourth-order valence-corrected chi connectivity index (χ4v) is 4.37. The molecule has 0 amide bonds. The summed E-state index contributed by atoms with van der Waals surface area (Å²) < 4.78 is 0. The van der Waals surface area contributed by atoms with Gasteiger partial charge < -0.3 is 5.11 Å². The Bertz CT molecular complexity index is 575. The van der Waals surface area contributed by atoms with Gasteiger partial charge in [-0.25, -0.2) is 0 Å². The van der Waals surface area contributed by atoms with Crippen molar-refractivity contribution in [2.45, 2.75) is 77.2 Å². The van der Waals surface area contributed by atoms with E-state index in [-0.39, 0.29) is 0 Å². The summed E-state index contributed by atoms with van der Waals surface area (Å²) in [4.78, 5) is 4.85. The van der Waals surface area contributed by atoms with Gasteiger partial charge in [-0.2, -0.15) is 0 Å². The maximum atomic E-state index is 10.7. The Balaban J connectivity index is 0.000000758. The Hall–Kier alpha value is 0.153. The van der Waals surface area contributed by atoms with Crippen LogP contribution in [0.15, 0.2) is 23.2 Å². The molecule has 0 saturated heterocycles. The predicted molar refractivity (Wildman–Crippen MR) is 109 cm³/mol. The molecular formula is C21H31Cl2NOZr. The third kappa shape index (κ3) is 6.35. The molecule has 2 aliphatic carbocycles. The van der Waals surface area contributed by atoms with Crippen LogP contribution < -0.4 is 0 Å². The van der Waals surface area contributed by atoms with Gasteiger partial charge in [-0.15, -0.1) is 0 Å². The van der Waals surface area contributed by atoms with Crippen molar-refractivity contribution in [2.75, 3.05) is 0 Å². The summed E-state index contributed by atoms with van der Waals surface area (Å²) in [5.41, 5.74) is 2.04. The van der Waals surface area contributed by atoms with E-state index < -0.39 is 20.8 Å². The molecule has 5 heteroatoms. The normalized spacial score (nSPS) is 27.0. The minimum atomic E-state index is -0.826. The van der Waals surface area contributed by atoms with E-state index in [9.17, 15) is 5.11 Å². The molecule has 1 N–H and O–H groups in total. The molecule has 2 fully saturated rings. The summed E-state index contributed by atoms with van der Waals surface area (Å²) in [6.07, 6.45) is 12.1. The zero-order valence-corrected chi connectivity index (χ0v) is 19.9. The molecule has 1 aromatic carbocycles. The third-order valence-corrected chi connectivity index (χ3v) is 6.21. The molecule has 3 atom stereocenters. The van der Waals surface area contributed by atoms with E-state index in [1.54, 1.807) is 0 Å². The van der Waals surface area contributed by atoms with Gasteiger partial charge in [0.15, 0.2) is 0 Å². The average Bonchev–Trinajstić information content (AvgIpc) is 2.65. The molecule has 3 rings (SSSR count). The molecule has 0 heterocycles. The predicted octanol–water partition coefficient (Wildman–Crippen LogP) is 7.06. The quantitative estimate of drug-likeness (QED) is 0.466. The van der Waals surface area contributed by atoms with Crippen LogP contribution in [0.25, 0.3) is 0 Å². The first-order valence-electron chi connectivity index (χ1n) is 9.89. The van der Waals surface area contributed by atoms with E-state index >= 15 is 0 Å². The molecule has 0 bridgehead atoms. The van der Waals surface area contributed by atoms with Crippen LogP contribution >= 0.6 is 17.0 Å². The minimum absolute atomic E-state index is 0.413. The second kappa shape index (κ2) is 11.9. The number of hydrogen-bond acceptors (Lipinski definition) is 2. The van der Waals surface area contributed by atoms with Crippen LogP contribution in [0.5, 0.6) is 5.75 Å². The number of rotatable bonds is 3. The fraction of sp³-hybridized carbons (Fsp3) is 0.667. The van der Waals surface area contributed by atoms with E-state index in [0.29, 0.717) is 23.6 Å². The third-order valence-electron chi connectivity index (χ3n) is 6.21. The molecule has 2 aliphatic rings. The Morgan fingerprint density at radius 1 is 1.04 bits per heavy atom. The molecule has 2 nitrogen and oxygen atoms in total. The van der Waals surface area contributed by atoms with Gasteiger partial charge in [0.2, 0.25) is 0 Å². The molecule has 3 unspecified atom stereocenters. The van der Waals surface area contributed by atoms with Crippen LogP contribution in [0.4, 0.5) is 0 Å². The van der Waals surface area contributed by atoms with Gasteiger partial charge in [0, 0.05) is 11.8 Å². The van der Waals surface area contributed by atoms with Gasteiger partial charge in [-0.1, -0.05) is 58.1 Å². The van der Waals surface area contributed by atoms with Crippen LogP contribution in [0.3, 0.4) is 0 Å². The van der Waals surface area contributed by atoms with Crippen molar-refractivity contribution in [3.05, 3.63) is 29.3 Å². The summed E-state index contributed by atoms with van der Waals surface area (Å²) >= 11 is -0.826. The fourth-order valence-electron chi connectivity index (χ4n) is 4.37. The monoisotopic (exact) mass is 473 g/mol. The number of aromatic hydroxyl groups is 1. The molecule has 1 aromatic rings. The Kier molecular flexibility index (Phi) is 10.2. The van der Waals surface area contributed by atoms with E-state index in [1.165, 1.54) is 51.4 Å². The van der Waals surface area contributed by atoms with Crippen LogP contribution in [0.1, 0.15) is 82.3 Å². The summed E-state index contributed by atoms with van der Waals surface area (Å²) in [6, 6.07) is 6.60. The van der Waals surface area contributed by atoms with Gasteiger partial charge in [0.05, 0.1) is 6.04 Å². The molecule has 0 aliphatic heterocycles. The summed E-state index contributed by atoms with van der Waals surface area (Å²) in [6.45, 7) is 4.66. The number of hydrogen-bond donors (Lipinski definition) is 1. The number of aliphatic imine (C=N–C) groups is 1. The van der Waals surface area contributed by atoms with Crippen molar-refractivity contribution in [1.82, 2.24) is 0 Å². The van der Waals surface area contributed by atoms with Crippen LogP contribution in [0, 0.1) is 11.8 Å². The van der Waals surface area contributed by atoms with E-state index in [4.69, 9.17) is 22.0 Å². The number of benzene rings is 1. The van der Waals surface area contributed by atoms with Crippen molar-refractivity contribution < 1.29 is 26.0 Å². The molecule has 0 aromatic heterocycles. The summed E-state index contributed by atoms with van der Waals surface area (Å²) in [5, 5.41) is 10.7. The van der Waals surface area contributed by atoms with Crippen molar-refractivity contribution in [3.63, 3.8) is 0 Å². The standard InChI is InChI=1S/C21H31NO.2ClH.Zr/c1-15-8-6-13-20(16(15)2)22-14-18-11-7-12-19(21(18)23)17-9-4-3-5-10-17;;;/h7,11-12,14-17,20,23H,3-6,8-10,13H2,1-2H3;2*1H;/q;;;+2/p-2. The molecule has 26 heavy (non-hydrogen) atoms. The van der Waals surface area contributed by atoms with Crippen molar-refractivity contribution in [2.24, 2.45) is 16.8 Å². The molecular weight excluding hydrogens is 444 g/mol. The number of para-hydroxylation sites is 1. The van der Waals surface area contributed by atoms with Crippen molar-refractivity contribution in [1.29, 1.82) is 0 Å². The number of halogens is 2. The van der Waals surface area contributed by atoms with Gasteiger partial charge in [0.1, 0.15) is 5.75 Å². The Morgan fingerprint density at radius 2 is 1.73 bits per heavy atom. The van der Waals surface area contributed by atoms with Gasteiger partial charge in [-0.3, -0.25) is 4.99 Å². The van der Waals surface area contributed by atoms with Crippen LogP contribution in [-0.2, 0) is 20.8 Å². The first kappa shape index (κ1) is 22.4. The average molecular weight is 476 g/mol. The molecule has 144 valence electrons. The molecule has 2 saturated carbocycles. The number of phenols is 1. The first-order valence-corrected chi connectivity index (χ1v) is 16.2. The van der Waals surface area contributed by atoms with Crippen molar-refractivity contribution >= 4 is 23.2 Å². The van der Waals surface area contributed by atoms with Crippen LogP contribution in [0.2, 0.25) is 0 Å². The van der Waals surface area contributed by atoms with Gasteiger partial charge in [-0.05, 0) is 48.6 Å². The second-order valence-electron chi connectivity index (χ2n) is 7.80. The van der Waals surface area contributed by atoms with E-state index in [1.807, 2.05) is 12.3 Å². The molecule has 0 spiro atoms. The van der Waals surface area contributed by atoms with E-state index in [0.717, 1.165) is 17.0 Å². The van der Waals surface area contributed by atoms with Crippen LogP contribution in [-0.4, -0.2) is 17.4 Å². The topological polar surface area (TPSA) is 32.6 Å². The Morgan fingerprint density at radius 3 is 2.42 bits per heavy atom. The Labute approximate surface area is 177 Å². The number of phenolic OH excluding ortho intramolecular Hbond substituents is 1. The number of nitrogens with zero attached hydrogens (tertiary/aromatic N) is 1. The zero-order chi connectivity index (χ0) is 18.9. The first-order chi connectivity index (χ1) is 12.6. The van der Waals surface area contributed by atoms with Gasteiger partial charge >= 0.3 is 37.9 Å². The maximum absolute atomic E-state index is 10.7. The van der Waals surface area contributed by atoms with Crippen molar-refractivity contribution in [3.8, 4) is 5.75 Å². The van der Waals surface area contributed by atoms with E-state index in [2.05, 4.69) is 26.0 Å². The van der Waals surface area contributed by atoms with Gasteiger partial charge in [0.25, 0.3) is 0 Å². The summed E-state index contributed by atoms with van der Waals surface area (Å²) in [5.74, 6) is 2.40.